The molecule has 1 aliphatic carbocycles. The van der Waals surface area contributed by atoms with Gasteiger partial charge < -0.3 is 9.47 Å². The zero-order chi connectivity index (χ0) is 15.4. The highest BCUT2D eigenvalue weighted by Crippen LogP contribution is 2.47. The van der Waals surface area contributed by atoms with Crippen molar-refractivity contribution in [2.75, 3.05) is 6.61 Å². The van der Waals surface area contributed by atoms with Crippen LogP contribution in [0.3, 0.4) is 0 Å². The average molecular weight is 288 g/mol. The zero-order valence-corrected chi connectivity index (χ0v) is 14.2. The summed E-state index contributed by atoms with van der Waals surface area (Å²) in [4.78, 5) is 0. The van der Waals surface area contributed by atoms with E-state index >= 15 is 0 Å². The highest BCUT2D eigenvalue weighted by atomic mass is 16.7. The first-order valence-electron chi connectivity index (χ1n) is 8.13. The summed E-state index contributed by atoms with van der Waals surface area (Å²) in [6.45, 7) is 14.4. The Morgan fingerprint density at radius 3 is 2.10 bits per heavy atom. The van der Waals surface area contributed by atoms with Gasteiger partial charge in [0.1, 0.15) is 0 Å². The molecular weight excluding hydrogens is 260 g/mol. The van der Waals surface area contributed by atoms with Crippen LogP contribution in [0.1, 0.15) is 76.0 Å². The first kappa shape index (κ1) is 15.1. The van der Waals surface area contributed by atoms with Gasteiger partial charge in [-0.05, 0) is 60.3 Å². The Hall–Kier alpha value is -0.860. The third-order valence-corrected chi connectivity index (χ3v) is 5.33. The van der Waals surface area contributed by atoms with Crippen LogP contribution in [0.15, 0.2) is 12.1 Å². The fraction of sp³-hybridized carbons (Fsp3) is 0.684. The summed E-state index contributed by atoms with van der Waals surface area (Å²) >= 11 is 0. The minimum atomic E-state index is -0.189. The maximum atomic E-state index is 5.92. The van der Waals surface area contributed by atoms with Gasteiger partial charge >= 0.3 is 0 Å². The molecule has 0 aromatic heterocycles. The lowest BCUT2D eigenvalue weighted by Gasteiger charge is -2.42. The van der Waals surface area contributed by atoms with Gasteiger partial charge in [-0.1, -0.05) is 33.8 Å². The largest absolute Gasteiger partial charge is 0.346 e. The third kappa shape index (κ3) is 2.53. The smallest absolute Gasteiger partial charge is 0.184 e. The highest BCUT2D eigenvalue weighted by molar-refractivity contribution is 5.47. The monoisotopic (exact) mass is 288 g/mol. The lowest BCUT2D eigenvalue weighted by molar-refractivity contribution is -0.0577. The normalized spacial score (nSPS) is 30.2. The first-order valence-corrected chi connectivity index (χ1v) is 8.13. The summed E-state index contributed by atoms with van der Waals surface area (Å²) < 4.78 is 11.7. The Balaban J connectivity index is 2.10. The van der Waals surface area contributed by atoms with E-state index in [9.17, 15) is 0 Å². The lowest BCUT2D eigenvalue weighted by atomic mass is 9.62. The molecule has 21 heavy (non-hydrogen) atoms. The third-order valence-electron chi connectivity index (χ3n) is 5.33. The van der Waals surface area contributed by atoms with E-state index in [0.717, 1.165) is 0 Å². The van der Waals surface area contributed by atoms with Crippen molar-refractivity contribution >= 4 is 0 Å². The Labute approximate surface area is 128 Å². The number of rotatable bonds is 1. The molecule has 0 radical (unpaired) electrons. The lowest BCUT2D eigenvalue weighted by Crippen LogP contribution is -2.34. The summed E-state index contributed by atoms with van der Waals surface area (Å²) in [6, 6.07) is 4.73. The van der Waals surface area contributed by atoms with Crippen LogP contribution in [0.25, 0.3) is 0 Å². The molecule has 0 N–H and O–H groups in total. The predicted molar refractivity (Wildman–Crippen MR) is 85.7 cm³/mol. The van der Waals surface area contributed by atoms with Crippen LogP contribution in [-0.4, -0.2) is 12.7 Å². The van der Waals surface area contributed by atoms with Gasteiger partial charge in [-0.15, -0.1) is 0 Å². The topological polar surface area (TPSA) is 18.5 Å². The molecule has 2 nitrogen and oxygen atoms in total. The van der Waals surface area contributed by atoms with Crippen LogP contribution in [-0.2, 0) is 20.3 Å². The number of benzene rings is 1. The van der Waals surface area contributed by atoms with Gasteiger partial charge in [0, 0.05) is 5.56 Å². The molecule has 0 bridgehead atoms. The van der Waals surface area contributed by atoms with Gasteiger partial charge in [-0.2, -0.15) is 0 Å². The molecule has 1 heterocycles. The van der Waals surface area contributed by atoms with E-state index in [0.29, 0.717) is 6.61 Å². The van der Waals surface area contributed by atoms with Gasteiger partial charge in [0.2, 0.25) is 0 Å². The predicted octanol–water partition coefficient (Wildman–Crippen LogP) is 4.78. The van der Waals surface area contributed by atoms with E-state index in [4.69, 9.17) is 9.47 Å². The molecule has 3 rings (SSSR count). The summed E-state index contributed by atoms with van der Waals surface area (Å²) in [7, 11) is 0. The Morgan fingerprint density at radius 2 is 1.57 bits per heavy atom. The average Bonchev–Trinajstić information content (AvgIpc) is 2.81. The van der Waals surface area contributed by atoms with E-state index in [1.165, 1.54) is 35.1 Å². The summed E-state index contributed by atoms with van der Waals surface area (Å²) in [5.41, 5.74) is 5.98. The van der Waals surface area contributed by atoms with E-state index in [1.807, 2.05) is 0 Å². The second-order valence-corrected chi connectivity index (χ2v) is 8.13. The van der Waals surface area contributed by atoms with Crippen molar-refractivity contribution in [1.29, 1.82) is 0 Å². The SMILES string of the molecule is Cc1cc2c(cc1[C@H]1OC[C@@H](C)O1)C(C)(C)CCC2(C)C. The fourth-order valence-corrected chi connectivity index (χ4v) is 3.67. The molecule has 1 aromatic rings. The van der Waals surface area contributed by atoms with Gasteiger partial charge in [-0.3, -0.25) is 0 Å². The van der Waals surface area contributed by atoms with E-state index in [2.05, 4.69) is 53.7 Å². The second kappa shape index (κ2) is 4.82. The van der Waals surface area contributed by atoms with Crippen LogP contribution in [0.4, 0.5) is 0 Å². The molecule has 1 saturated heterocycles. The van der Waals surface area contributed by atoms with Gasteiger partial charge in [0.25, 0.3) is 0 Å². The number of hydrogen-bond donors (Lipinski definition) is 0. The number of ether oxygens (including phenoxy) is 2. The van der Waals surface area contributed by atoms with Gasteiger partial charge in [0.05, 0.1) is 12.7 Å². The number of fused-ring (bicyclic) bond motifs is 1. The Bertz CT molecular complexity index is 557. The molecule has 0 saturated carbocycles. The van der Waals surface area contributed by atoms with Crippen molar-refractivity contribution in [3.63, 3.8) is 0 Å². The van der Waals surface area contributed by atoms with Crippen LogP contribution in [0, 0.1) is 6.92 Å². The molecule has 2 atom stereocenters. The van der Waals surface area contributed by atoms with E-state index in [-0.39, 0.29) is 23.2 Å². The number of hydrogen-bond acceptors (Lipinski definition) is 2. The molecular formula is C19H28O2. The molecule has 2 aliphatic rings. The quantitative estimate of drug-likeness (QED) is 0.740. The van der Waals surface area contributed by atoms with Crippen molar-refractivity contribution in [3.8, 4) is 0 Å². The Kier molecular flexibility index (Phi) is 3.46. The van der Waals surface area contributed by atoms with Gasteiger partial charge in [-0.25, -0.2) is 0 Å². The number of aryl methyl sites for hydroxylation is 1. The van der Waals surface area contributed by atoms with Crippen molar-refractivity contribution in [3.05, 3.63) is 34.4 Å². The molecule has 116 valence electrons. The minimum absolute atomic E-state index is 0.189. The van der Waals surface area contributed by atoms with Crippen LogP contribution < -0.4 is 0 Å². The minimum Gasteiger partial charge on any atom is -0.346 e. The summed E-state index contributed by atoms with van der Waals surface area (Å²) in [5, 5.41) is 0. The zero-order valence-electron chi connectivity index (χ0n) is 14.2. The summed E-state index contributed by atoms with van der Waals surface area (Å²) in [6.07, 6.45) is 2.48. The molecule has 1 fully saturated rings. The maximum absolute atomic E-state index is 5.92. The van der Waals surface area contributed by atoms with Crippen LogP contribution in [0.2, 0.25) is 0 Å². The standard InChI is InChI=1S/C19H28O2/c1-12-9-15-16(19(5,6)8-7-18(15,3)4)10-14(12)17-20-11-13(2)21-17/h9-10,13,17H,7-8,11H2,1-6H3/t13-,17+/m1/s1. The molecule has 1 aliphatic heterocycles. The maximum Gasteiger partial charge on any atom is 0.184 e. The molecule has 2 heteroatoms. The van der Waals surface area contributed by atoms with Crippen molar-refractivity contribution in [2.45, 2.75) is 77.6 Å². The van der Waals surface area contributed by atoms with Crippen molar-refractivity contribution in [1.82, 2.24) is 0 Å². The van der Waals surface area contributed by atoms with E-state index in [1.54, 1.807) is 0 Å². The second-order valence-electron chi connectivity index (χ2n) is 8.13. The fourth-order valence-electron chi connectivity index (χ4n) is 3.67. The van der Waals surface area contributed by atoms with E-state index < -0.39 is 0 Å². The van der Waals surface area contributed by atoms with Gasteiger partial charge in [0.15, 0.2) is 6.29 Å². The summed E-state index contributed by atoms with van der Waals surface area (Å²) in [5.74, 6) is 0. The van der Waals surface area contributed by atoms with Crippen molar-refractivity contribution in [2.24, 2.45) is 0 Å². The molecule has 0 unspecified atom stereocenters. The first-order chi connectivity index (χ1) is 9.71. The molecule has 0 spiro atoms. The van der Waals surface area contributed by atoms with Crippen LogP contribution >= 0.6 is 0 Å². The molecule has 1 aromatic carbocycles. The van der Waals surface area contributed by atoms with Crippen LogP contribution in [0.5, 0.6) is 0 Å². The Morgan fingerprint density at radius 1 is 1.00 bits per heavy atom. The molecule has 0 amide bonds. The van der Waals surface area contributed by atoms with Crippen molar-refractivity contribution < 1.29 is 9.47 Å². The highest BCUT2D eigenvalue weighted by Gasteiger charge is 2.38.